The third-order valence-corrected chi connectivity index (χ3v) is 2.59. The number of H-pyrrole nitrogens is 1. The number of carbonyl (C=O) groups is 1. The van der Waals surface area contributed by atoms with Crippen LogP contribution in [0.4, 0.5) is 13.2 Å². The van der Waals surface area contributed by atoms with Crippen molar-refractivity contribution < 1.29 is 27.4 Å². The fourth-order valence-electron chi connectivity index (χ4n) is 1.64. The average Bonchev–Trinajstić information content (AvgIpc) is 2.46. The molecule has 9 heteroatoms. The second-order valence-electron chi connectivity index (χ2n) is 4.06. The molecule has 116 valence electrons. The highest BCUT2D eigenvalue weighted by molar-refractivity contribution is 5.89. The van der Waals surface area contributed by atoms with Crippen molar-refractivity contribution in [3.8, 4) is 17.0 Å². The molecule has 1 heterocycles. The molecule has 1 N–H and O–H groups in total. The Balaban J connectivity index is 2.33. The van der Waals surface area contributed by atoms with E-state index in [-0.39, 0.29) is 11.3 Å². The van der Waals surface area contributed by atoms with E-state index in [1.165, 1.54) is 18.2 Å². The van der Waals surface area contributed by atoms with Crippen LogP contribution < -0.4 is 10.3 Å². The van der Waals surface area contributed by atoms with Crippen molar-refractivity contribution in [1.82, 2.24) is 10.2 Å². The lowest BCUT2D eigenvalue weighted by Gasteiger charge is -2.09. The summed E-state index contributed by atoms with van der Waals surface area (Å²) in [6, 6.07) is 5.98. The molecule has 0 atom stereocenters. The van der Waals surface area contributed by atoms with Crippen molar-refractivity contribution in [3.05, 3.63) is 46.2 Å². The van der Waals surface area contributed by atoms with E-state index in [1.807, 2.05) is 0 Å². The van der Waals surface area contributed by atoms with Crippen molar-refractivity contribution in [1.29, 1.82) is 0 Å². The largest absolute Gasteiger partial charge is 0.573 e. The number of aromatic amines is 1. The summed E-state index contributed by atoms with van der Waals surface area (Å²) in [4.78, 5) is 22.9. The van der Waals surface area contributed by atoms with Crippen LogP contribution in [0.25, 0.3) is 11.3 Å². The summed E-state index contributed by atoms with van der Waals surface area (Å²) in [6.45, 7) is 0. The Bertz CT molecular complexity index is 738. The van der Waals surface area contributed by atoms with Crippen LogP contribution in [0.15, 0.2) is 35.1 Å². The molecule has 0 amide bonds. The summed E-state index contributed by atoms with van der Waals surface area (Å²) in [5.41, 5.74) is -0.412. The molecule has 0 aliphatic rings. The number of methoxy groups -OCH3 is 1. The summed E-state index contributed by atoms with van der Waals surface area (Å²) in [5.74, 6) is -1.24. The van der Waals surface area contributed by atoms with Crippen molar-refractivity contribution >= 4 is 5.97 Å². The van der Waals surface area contributed by atoms with Gasteiger partial charge >= 0.3 is 12.3 Å². The Morgan fingerprint density at radius 1 is 1.23 bits per heavy atom. The molecule has 0 spiro atoms. The Morgan fingerprint density at radius 2 is 1.86 bits per heavy atom. The number of halogens is 3. The van der Waals surface area contributed by atoms with Gasteiger partial charge in [0.1, 0.15) is 11.3 Å². The minimum atomic E-state index is -4.78. The zero-order chi connectivity index (χ0) is 16.3. The van der Waals surface area contributed by atoms with E-state index in [1.54, 1.807) is 0 Å². The monoisotopic (exact) mass is 314 g/mol. The minimum Gasteiger partial charge on any atom is -0.465 e. The van der Waals surface area contributed by atoms with Crippen LogP contribution in [-0.4, -0.2) is 29.6 Å². The smallest absolute Gasteiger partial charge is 0.465 e. The summed E-state index contributed by atoms with van der Waals surface area (Å²) in [5, 5.41) is 5.84. The highest BCUT2D eigenvalue weighted by Gasteiger charge is 2.31. The molecule has 0 saturated carbocycles. The van der Waals surface area contributed by atoms with Gasteiger partial charge in [-0.25, -0.2) is 9.89 Å². The molecule has 0 bridgehead atoms. The maximum atomic E-state index is 12.1. The quantitative estimate of drug-likeness (QED) is 0.878. The van der Waals surface area contributed by atoms with Gasteiger partial charge in [0, 0.05) is 5.56 Å². The van der Waals surface area contributed by atoms with Crippen LogP contribution >= 0.6 is 0 Å². The zero-order valence-corrected chi connectivity index (χ0v) is 11.1. The number of esters is 1. The Hall–Kier alpha value is -2.84. The highest BCUT2D eigenvalue weighted by atomic mass is 19.4. The molecule has 2 rings (SSSR count). The molecule has 0 fully saturated rings. The first-order chi connectivity index (χ1) is 10.3. The van der Waals surface area contributed by atoms with E-state index < -0.39 is 23.6 Å². The molecule has 22 heavy (non-hydrogen) atoms. The van der Waals surface area contributed by atoms with Gasteiger partial charge in [0.25, 0.3) is 5.56 Å². The van der Waals surface area contributed by atoms with Gasteiger partial charge in [0.2, 0.25) is 0 Å². The lowest BCUT2D eigenvalue weighted by molar-refractivity contribution is -0.274. The molecule has 6 nitrogen and oxygen atoms in total. The molecular formula is C13H9F3N2O4. The van der Waals surface area contributed by atoms with E-state index >= 15 is 0 Å². The highest BCUT2D eigenvalue weighted by Crippen LogP contribution is 2.25. The first kappa shape index (κ1) is 15.5. The molecule has 0 saturated heterocycles. The third-order valence-electron chi connectivity index (χ3n) is 2.59. The number of ether oxygens (including phenoxy) is 2. The van der Waals surface area contributed by atoms with Crippen molar-refractivity contribution in [2.45, 2.75) is 6.36 Å². The number of rotatable bonds is 3. The summed E-state index contributed by atoms with van der Waals surface area (Å²) in [6.07, 6.45) is -4.78. The van der Waals surface area contributed by atoms with Crippen LogP contribution in [0.5, 0.6) is 5.75 Å². The molecule has 0 radical (unpaired) electrons. The van der Waals surface area contributed by atoms with E-state index in [2.05, 4.69) is 19.7 Å². The van der Waals surface area contributed by atoms with Crippen LogP contribution in [0.1, 0.15) is 10.4 Å². The van der Waals surface area contributed by atoms with E-state index in [9.17, 15) is 22.8 Å². The first-order valence-corrected chi connectivity index (χ1v) is 5.84. The van der Waals surface area contributed by atoms with Crippen molar-refractivity contribution in [3.63, 3.8) is 0 Å². The number of carbonyl (C=O) groups excluding carboxylic acids is 1. The van der Waals surface area contributed by atoms with Crippen molar-refractivity contribution in [2.75, 3.05) is 7.11 Å². The first-order valence-electron chi connectivity index (χ1n) is 5.84. The fourth-order valence-corrected chi connectivity index (χ4v) is 1.64. The third kappa shape index (κ3) is 3.62. The SMILES string of the molecule is COC(=O)c1cc(-c2ccc(OC(F)(F)F)cc2)n[nH]c1=O. The van der Waals surface area contributed by atoms with Gasteiger partial charge in [-0.1, -0.05) is 0 Å². The number of alkyl halides is 3. The second-order valence-corrected chi connectivity index (χ2v) is 4.06. The van der Waals surface area contributed by atoms with Gasteiger partial charge in [-0.05, 0) is 30.3 Å². The summed E-state index contributed by atoms with van der Waals surface area (Å²) in [7, 11) is 1.12. The van der Waals surface area contributed by atoms with Gasteiger partial charge < -0.3 is 9.47 Å². The Morgan fingerprint density at radius 3 is 2.41 bits per heavy atom. The number of nitrogens with one attached hydrogen (secondary N) is 1. The minimum absolute atomic E-state index is 0.193. The Kier molecular flexibility index (Phi) is 4.15. The molecule has 0 unspecified atom stereocenters. The number of nitrogens with zero attached hydrogens (tertiary/aromatic N) is 1. The van der Waals surface area contributed by atoms with Gasteiger partial charge in [-0.15, -0.1) is 13.2 Å². The molecule has 0 aliphatic heterocycles. The Labute approximate surface area is 121 Å². The van der Waals surface area contributed by atoms with E-state index in [0.29, 0.717) is 5.56 Å². The lowest BCUT2D eigenvalue weighted by Crippen LogP contribution is -2.20. The predicted octanol–water partition coefficient (Wildman–Crippen LogP) is 2.12. The number of benzene rings is 1. The summed E-state index contributed by atoms with van der Waals surface area (Å²) < 4.78 is 44.4. The molecule has 1 aromatic heterocycles. The topological polar surface area (TPSA) is 81.3 Å². The normalized spacial score (nSPS) is 11.1. The number of hydrogen-bond acceptors (Lipinski definition) is 5. The maximum absolute atomic E-state index is 12.1. The number of aromatic nitrogens is 2. The van der Waals surface area contributed by atoms with E-state index in [4.69, 9.17) is 0 Å². The van der Waals surface area contributed by atoms with Gasteiger partial charge in [0.15, 0.2) is 0 Å². The fraction of sp³-hybridized carbons (Fsp3) is 0.154. The van der Waals surface area contributed by atoms with Crippen LogP contribution in [-0.2, 0) is 4.74 Å². The summed E-state index contributed by atoms with van der Waals surface area (Å²) >= 11 is 0. The molecule has 0 aliphatic carbocycles. The molecular weight excluding hydrogens is 305 g/mol. The van der Waals surface area contributed by atoms with Gasteiger partial charge in [0.05, 0.1) is 12.8 Å². The van der Waals surface area contributed by atoms with Crippen LogP contribution in [0.2, 0.25) is 0 Å². The van der Waals surface area contributed by atoms with Crippen LogP contribution in [0.3, 0.4) is 0 Å². The van der Waals surface area contributed by atoms with Crippen LogP contribution in [0, 0.1) is 0 Å². The lowest BCUT2D eigenvalue weighted by atomic mass is 10.1. The molecule has 2 aromatic rings. The maximum Gasteiger partial charge on any atom is 0.573 e. The standard InChI is InChI=1S/C13H9F3N2O4/c1-21-12(20)9-6-10(17-18-11(9)19)7-2-4-8(5-3-7)22-13(14,15)16/h2-6H,1H3,(H,18,19). The van der Waals surface area contributed by atoms with Gasteiger partial charge in [-0.3, -0.25) is 4.79 Å². The second kappa shape index (κ2) is 5.88. The number of hydrogen-bond donors (Lipinski definition) is 1. The van der Waals surface area contributed by atoms with E-state index in [0.717, 1.165) is 19.2 Å². The molecule has 1 aromatic carbocycles. The van der Waals surface area contributed by atoms with Gasteiger partial charge in [-0.2, -0.15) is 5.10 Å². The average molecular weight is 314 g/mol. The van der Waals surface area contributed by atoms with Crippen molar-refractivity contribution in [2.24, 2.45) is 0 Å². The predicted molar refractivity (Wildman–Crippen MR) is 68.3 cm³/mol. The zero-order valence-electron chi connectivity index (χ0n) is 11.1.